The summed E-state index contributed by atoms with van der Waals surface area (Å²) in [7, 11) is 0. The zero-order chi connectivity index (χ0) is 20.6. The van der Waals surface area contributed by atoms with Gasteiger partial charge in [0.15, 0.2) is 0 Å². The first-order valence-electron chi connectivity index (χ1n) is 9.00. The van der Waals surface area contributed by atoms with E-state index < -0.39 is 4.92 Å². The molecule has 0 bridgehead atoms. The predicted octanol–water partition coefficient (Wildman–Crippen LogP) is 5.33. The van der Waals surface area contributed by atoms with Gasteiger partial charge in [0, 0.05) is 22.3 Å². The van der Waals surface area contributed by atoms with Crippen LogP contribution in [-0.4, -0.2) is 23.2 Å². The van der Waals surface area contributed by atoms with Crippen molar-refractivity contribution in [2.45, 2.75) is 11.8 Å². The van der Waals surface area contributed by atoms with Crippen LogP contribution in [-0.2, 0) is 0 Å². The third-order valence-corrected chi connectivity index (χ3v) is 5.21. The van der Waals surface area contributed by atoms with Gasteiger partial charge in [-0.1, -0.05) is 24.3 Å². The molecule has 3 aromatic rings. The predicted molar refractivity (Wildman–Crippen MR) is 115 cm³/mol. The number of amides is 1. The summed E-state index contributed by atoms with van der Waals surface area (Å²) >= 11 is 1.72. The standard InChI is InChI=1S/C22H20N2O4S/c1-16-20(8-5-9-21(16)24(26)27)23-22(25)17-10-12-18(13-11-17)28-14-15-29-19-6-3-2-4-7-19/h2-13H,14-15H2,1H3,(H,23,25). The lowest BCUT2D eigenvalue weighted by Gasteiger charge is -2.10. The fourth-order valence-corrected chi connectivity index (χ4v) is 3.44. The van der Waals surface area contributed by atoms with Crippen molar-refractivity contribution in [2.24, 2.45) is 0 Å². The van der Waals surface area contributed by atoms with E-state index in [-0.39, 0.29) is 11.6 Å². The van der Waals surface area contributed by atoms with Gasteiger partial charge in [-0.25, -0.2) is 0 Å². The second kappa shape index (κ2) is 9.75. The van der Waals surface area contributed by atoms with E-state index in [0.717, 1.165) is 5.75 Å². The number of anilines is 1. The summed E-state index contributed by atoms with van der Waals surface area (Å²) in [4.78, 5) is 24.2. The molecule has 0 fully saturated rings. The quantitative estimate of drug-likeness (QED) is 0.236. The molecule has 0 atom stereocenters. The molecule has 3 rings (SSSR count). The zero-order valence-electron chi connectivity index (χ0n) is 15.8. The Morgan fingerprint density at radius 3 is 2.45 bits per heavy atom. The molecule has 7 heteroatoms. The van der Waals surface area contributed by atoms with E-state index in [1.54, 1.807) is 55.1 Å². The number of carbonyl (C=O) groups is 1. The molecule has 3 aromatic carbocycles. The Labute approximate surface area is 173 Å². The smallest absolute Gasteiger partial charge is 0.274 e. The highest BCUT2D eigenvalue weighted by atomic mass is 32.2. The van der Waals surface area contributed by atoms with Crippen molar-refractivity contribution < 1.29 is 14.5 Å². The monoisotopic (exact) mass is 408 g/mol. The maximum Gasteiger partial charge on any atom is 0.274 e. The number of ether oxygens (including phenoxy) is 1. The second-order valence-electron chi connectivity index (χ2n) is 6.20. The van der Waals surface area contributed by atoms with Gasteiger partial charge in [0.1, 0.15) is 5.75 Å². The lowest BCUT2D eigenvalue weighted by molar-refractivity contribution is -0.385. The number of thioether (sulfide) groups is 1. The Bertz CT molecular complexity index is 991. The SMILES string of the molecule is Cc1c(NC(=O)c2ccc(OCCSc3ccccc3)cc2)cccc1[N+](=O)[O-]. The van der Waals surface area contributed by atoms with Crippen molar-refractivity contribution in [2.75, 3.05) is 17.7 Å². The molecule has 1 amide bonds. The molecule has 148 valence electrons. The largest absolute Gasteiger partial charge is 0.493 e. The molecule has 0 aliphatic heterocycles. The van der Waals surface area contributed by atoms with Crippen molar-refractivity contribution >= 4 is 29.0 Å². The Morgan fingerprint density at radius 2 is 1.76 bits per heavy atom. The first-order chi connectivity index (χ1) is 14.0. The highest BCUT2D eigenvalue weighted by molar-refractivity contribution is 7.99. The topological polar surface area (TPSA) is 81.5 Å². The third kappa shape index (κ3) is 5.58. The molecule has 0 aliphatic carbocycles. The highest BCUT2D eigenvalue weighted by Crippen LogP contribution is 2.25. The molecule has 1 N–H and O–H groups in total. The molecule has 0 saturated heterocycles. The van der Waals surface area contributed by atoms with E-state index in [1.165, 1.54) is 11.0 Å². The summed E-state index contributed by atoms with van der Waals surface area (Å²) in [6.45, 7) is 2.16. The lowest BCUT2D eigenvalue weighted by Crippen LogP contribution is -2.13. The minimum atomic E-state index is -0.465. The van der Waals surface area contributed by atoms with Crippen molar-refractivity contribution in [3.05, 3.63) is 94.0 Å². The second-order valence-corrected chi connectivity index (χ2v) is 7.36. The average molecular weight is 408 g/mol. The normalized spacial score (nSPS) is 10.4. The molecule has 0 radical (unpaired) electrons. The van der Waals surface area contributed by atoms with E-state index in [2.05, 4.69) is 17.4 Å². The van der Waals surface area contributed by atoms with Crippen LogP contribution in [0.3, 0.4) is 0 Å². The summed E-state index contributed by atoms with van der Waals surface area (Å²) in [5.41, 5.74) is 1.26. The number of hydrogen-bond acceptors (Lipinski definition) is 5. The van der Waals surface area contributed by atoms with Crippen molar-refractivity contribution in [3.63, 3.8) is 0 Å². The van der Waals surface area contributed by atoms with Gasteiger partial charge in [-0.3, -0.25) is 14.9 Å². The fraction of sp³-hybridized carbons (Fsp3) is 0.136. The maximum atomic E-state index is 12.5. The first kappa shape index (κ1) is 20.4. The fourth-order valence-electron chi connectivity index (χ4n) is 2.69. The number of nitro groups is 1. The minimum absolute atomic E-state index is 0.0279. The molecule has 0 heterocycles. The lowest BCUT2D eigenvalue weighted by atomic mass is 10.1. The molecule has 0 saturated carbocycles. The van der Waals surface area contributed by atoms with Gasteiger partial charge >= 0.3 is 0 Å². The van der Waals surface area contributed by atoms with Crippen LogP contribution in [0.5, 0.6) is 5.75 Å². The van der Waals surface area contributed by atoms with Crippen LogP contribution in [0.4, 0.5) is 11.4 Å². The van der Waals surface area contributed by atoms with E-state index in [4.69, 9.17) is 4.74 Å². The van der Waals surface area contributed by atoms with Gasteiger partial charge < -0.3 is 10.1 Å². The van der Waals surface area contributed by atoms with Crippen LogP contribution in [0.15, 0.2) is 77.7 Å². The Kier molecular flexibility index (Phi) is 6.86. The van der Waals surface area contributed by atoms with Crippen LogP contribution < -0.4 is 10.1 Å². The number of nitrogens with one attached hydrogen (secondary N) is 1. The Morgan fingerprint density at radius 1 is 1.03 bits per heavy atom. The molecular weight excluding hydrogens is 388 g/mol. The van der Waals surface area contributed by atoms with E-state index in [0.29, 0.717) is 29.2 Å². The number of rotatable bonds is 8. The van der Waals surface area contributed by atoms with Gasteiger partial charge in [0.25, 0.3) is 11.6 Å². The van der Waals surface area contributed by atoms with Crippen LogP contribution >= 0.6 is 11.8 Å². The van der Waals surface area contributed by atoms with E-state index in [1.807, 2.05) is 18.2 Å². The summed E-state index contributed by atoms with van der Waals surface area (Å²) in [6, 6.07) is 21.5. The van der Waals surface area contributed by atoms with Gasteiger partial charge in [-0.05, 0) is 49.4 Å². The van der Waals surface area contributed by atoms with Crippen molar-refractivity contribution in [3.8, 4) is 5.75 Å². The summed E-state index contributed by atoms with van der Waals surface area (Å²) in [5.74, 6) is 1.17. The molecule has 29 heavy (non-hydrogen) atoms. The van der Waals surface area contributed by atoms with E-state index >= 15 is 0 Å². The van der Waals surface area contributed by atoms with Crippen molar-refractivity contribution in [1.82, 2.24) is 0 Å². The first-order valence-corrected chi connectivity index (χ1v) is 9.99. The van der Waals surface area contributed by atoms with Crippen LogP contribution in [0, 0.1) is 17.0 Å². The number of benzene rings is 3. The Hall–Kier alpha value is -3.32. The average Bonchev–Trinajstić information content (AvgIpc) is 2.73. The van der Waals surface area contributed by atoms with Gasteiger partial charge in [0.05, 0.1) is 22.8 Å². The third-order valence-electron chi connectivity index (χ3n) is 4.23. The number of nitro benzene ring substituents is 1. The van der Waals surface area contributed by atoms with Gasteiger partial charge in [0.2, 0.25) is 0 Å². The highest BCUT2D eigenvalue weighted by Gasteiger charge is 2.15. The van der Waals surface area contributed by atoms with Crippen LogP contribution in [0.1, 0.15) is 15.9 Å². The number of carbonyl (C=O) groups excluding carboxylic acids is 1. The Balaban J connectivity index is 1.54. The van der Waals surface area contributed by atoms with E-state index in [9.17, 15) is 14.9 Å². The molecule has 0 spiro atoms. The molecular formula is C22H20N2O4S. The van der Waals surface area contributed by atoms with Crippen LogP contribution in [0.25, 0.3) is 0 Å². The molecule has 0 unspecified atom stereocenters. The summed E-state index contributed by atoms with van der Waals surface area (Å²) in [5, 5.41) is 13.8. The molecule has 0 aromatic heterocycles. The zero-order valence-corrected chi connectivity index (χ0v) is 16.6. The molecule has 6 nitrogen and oxygen atoms in total. The number of hydrogen-bond donors (Lipinski definition) is 1. The summed E-state index contributed by atoms with van der Waals surface area (Å²) < 4.78 is 5.71. The van der Waals surface area contributed by atoms with Crippen LogP contribution in [0.2, 0.25) is 0 Å². The maximum absolute atomic E-state index is 12.5. The van der Waals surface area contributed by atoms with Gasteiger partial charge in [-0.2, -0.15) is 0 Å². The van der Waals surface area contributed by atoms with Crippen molar-refractivity contribution in [1.29, 1.82) is 0 Å². The molecule has 0 aliphatic rings. The number of nitrogens with zero attached hydrogens (tertiary/aromatic N) is 1. The minimum Gasteiger partial charge on any atom is -0.493 e. The summed E-state index contributed by atoms with van der Waals surface area (Å²) in [6.07, 6.45) is 0. The van der Waals surface area contributed by atoms with Gasteiger partial charge in [-0.15, -0.1) is 11.8 Å².